The largest absolute Gasteiger partial charge is 0.494 e. The molecule has 0 radical (unpaired) electrons. The number of methoxy groups -OCH3 is 2. The van der Waals surface area contributed by atoms with Crippen LogP contribution in [0.25, 0.3) is 0 Å². The molecule has 0 aliphatic carbocycles. The second-order valence-corrected chi connectivity index (χ2v) is 7.85. The van der Waals surface area contributed by atoms with Crippen molar-refractivity contribution in [3.63, 3.8) is 0 Å². The predicted molar refractivity (Wildman–Crippen MR) is 83.8 cm³/mol. The number of benzene rings is 1. The zero-order valence-electron chi connectivity index (χ0n) is 13.6. The molecule has 1 aromatic heterocycles. The first kappa shape index (κ1) is 20.0. The highest BCUT2D eigenvalue weighted by atomic mass is 32.2. The number of nitrogens with zero attached hydrogens (tertiary/aromatic N) is 1. The summed E-state index contributed by atoms with van der Waals surface area (Å²) in [5.74, 6) is -6.21. The van der Waals surface area contributed by atoms with Gasteiger partial charge in [0.25, 0.3) is 0 Å². The number of ether oxygens (including phenoxy) is 3. The average molecular weight is 411 g/mol. The lowest BCUT2D eigenvalue weighted by Gasteiger charge is -2.11. The maximum absolute atomic E-state index is 14.1. The Morgan fingerprint density at radius 2 is 1.88 bits per heavy atom. The Morgan fingerprint density at radius 1 is 1.23 bits per heavy atom. The van der Waals surface area contributed by atoms with E-state index in [1.807, 2.05) is 0 Å². The molecule has 0 saturated heterocycles. The highest BCUT2D eigenvalue weighted by Crippen LogP contribution is 2.32. The van der Waals surface area contributed by atoms with Crippen molar-refractivity contribution in [3.8, 4) is 11.6 Å². The molecule has 142 valence electrons. The number of rotatable bonds is 6. The number of aromatic nitrogens is 1. The first-order valence-electron chi connectivity index (χ1n) is 6.73. The van der Waals surface area contributed by atoms with Gasteiger partial charge in [0.1, 0.15) is 6.61 Å². The van der Waals surface area contributed by atoms with Crippen molar-refractivity contribution < 1.29 is 40.6 Å². The van der Waals surface area contributed by atoms with Gasteiger partial charge in [-0.3, -0.25) is 0 Å². The van der Waals surface area contributed by atoms with E-state index in [9.17, 15) is 26.4 Å². The number of halogens is 3. The highest BCUT2D eigenvalue weighted by molar-refractivity contribution is 7.92. The normalized spacial score (nSPS) is 11.3. The fourth-order valence-corrected chi connectivity index (χ4v) is 3.70. The number of sulfone groups is 1. The Labute approximate surface area is 150 Å². The number of carbonyl (C=O) groups is 1. The monoisotopic (exact) mass is 411 g/mol. The lowest BCUT2D eigenvalue weighted by molar-refractivity contribution is 0.0591. The van der Waals surface area contributed by atoms with E-state index in [0.29, 0.717) is 17.6 Å². The van der Waals surface area contributed by atoms with Crippen LogP contribution in [0.2, 0.25) is 0 Å². The van der Waals surface area contributed by atoms with Gasteiger partial charge in [-0.25, -0.2) is 26.4 Å². The summed E-state index contributed by atoms with van der Waals surface area (Å²) in [4.78, 5) is 11.8. The van der Waals surface area contributed by atoms with Crippen molar-refractivity contribution >= 4 is 27.3 Å². The molecule has 0 unspecified atom stereocenters. The maximum Gasteiger partial charge on any atom is 0.345 e. The second kappa shape index (κ2) is 7.50. The van der Waals surface area contributed by atoms with E-state index in [1.54, 1.807) is 0 Å². The van der Waals surface area contributed by atoms with Gasteiger partial charge in [0, 0.05) is 12.3 Å². The molecule has 2 aromatic rings. The van der Waals surface area contributed by atoms with Crippen molar-refractivity contribution in [2.24, 2.45) is 0 Å². The Hall–Kier alpha value is -2.34. The van der Waals surface area contributed by atoms with Gasteiger partial charge < -0.3 is 14.2 Å². The lowest BCUT2D eigenvalue weighted by atomic mass is 10.2. The topological polar surface area (TPSA) is 91.8 Å². The Kier molecular flexibility index (Phi) is 5.76. The summed E-state index contributed by atoms with van der Waals surface area (Å²) < 4.78 is 82.3. The number of hydrogen-bond donors (Lipinski definition) is 0. The average Bonchev–Trinajstić information content (AvgIpc) is 3.01. The van der Waals surface area contributed by atoms with Crippen LogP contribution in [0.5, 0.6) is 11.6 Å². The minimum absolute atomic E-state index is 0.431. The molecule has 7 nitrogen and oxygen atoms in total. The molecule has 0 atom stereocenters. The first-order valence-corrected chi connectivity index (χ1v) is 9.39. The summed E-state index contributed by atoms with van der Waals surface area (Å²) >= 11 is 0.431. The van der Waals surface area contributed by atoms with Gasteiger partial charge >= 0.3 is 5.97 Å². The van der Waals surface area contributed by atoms with Crippen molar-refractivity contribution in [3.05, 3.63) is 34.6 Å². The second-order valence-electron chi connectivity index (χ2n) is 4.87. The molecule has 0 saturated carbocycles. The van der Waals surface area contributed by atoms with Gasteiger partial charge in [0.15, 0.2) is 42.8 Å². The molecular weight excluding hydrogens is 399 g/mol. The fraction of sp³-hybridized carbons (Fsp3) is 0.286. The summed E-state index contributed by atoms with van der Waals surface area (Å²) in [7, 11) is -1.77. The van der Waals surface area contributed by atoms with Gasteiger partial charge in [-0.05, 0) is 11.5 Å². The predicted octanol–water partition coefficient (Wildman–Crippen LogP) is 2.34. The van der Waals surface area contributed by atoms with E-state index in [0.717, 1.165) is 20.5 Å². The molecule has 0 aliphatic heterocycles. The molecule has 0 bridgehead atoms. The molecule has 2 rings (SSSR count). The zero-order chi connectivity index (χ0) is 19.6. The highest BCUT2D eigenvalue weighted by Gasteiger charge is 2.30. The van der Waals surface area contributed by atoms with Crippen molar-refractivity contribution in [2.75, 3.05) is 20.5 Å². The smallest absolute Gasteiger partial charge is 0.345 e. The van der Waals surface area contributed by atoms with E-state index < -0.39 is 66.8 Å². The molecule has 0 N–H and O–H groups in total. The summed E-state index contributed by atoms with van der Waals surface area (Å²) in [6.07, 6.45) is 0.841. The molecule has 26 heavy (non-hydrogen) atoms. The summed E-state index contributed by atoms with van der Waals surface area (Å²) in [6.45, 7) is -0.872. The quantitative estimate of drug-likeness (QED) is 0.532. The lowest BCUT2D eigenvalue weighted by Crippen LogP contribution is -2.11. The molecule has 0 amide bonds. The Morgan fingerprint density at radius 3 is 2.42 bits per heavy atom. The number of esters is 1. The van der Waals surface area contributed by atoms with E-state index in [1.165, 1.54) is 0 Å². The molecule has 0 aliphatic rings. The summed E-state index contributed by atoms with van der Waals surface area (Å²) in [5.41, 5.74) is -1.32. The van der Waals surface area contributed by atoms with Crippen LogP contribution in [0, 0.1) is 17.5 Å². The van der Waals surface area contributed by atoms with Crippen LogP contribution in [0.4, 0.5) is 13.2 Å². The number of carbonyl (C=O) groups excluding carboxylic acids is 1. The van der Waals surface area contributed by atoms with Crippen LogP contribution >= 0.6 is 11.5 Å². The van der Waals surface area contributed by atoms with Crippen molar-refractivity contribution in [2.45, 2.75) is 10.8 Å². The third-order valence-electron chi connectivity index (χ3n) is 3.14. The van der Waals surface area contributed by atoms with Crippen LogP contribution in [-0.2, 0) is 21.2 Å². The summed E-state index contributed by atoms with van der Waals surface area (Å²) in [5, 5.41) is 0. The molecule has 12 heteroatoms. The Bertz CT molecular complexity index is 958. The zero-order valence-corrected chi connectivity index (χ0v) is 15.3. The van der Waals surface area contributed by atoms with E-state index >= 15 is 0 Å². The minimum atomic E-state index is -3.84. The minimum Gasteiger partial charge on any atom is -0.494 e. The molecular formula is C14H12F3NO6S2. The van der Waals surface area contributed by atoms with Crippen molar-refractivity contribution in [1.29, 1.82) is 0 Å². The van der Waals surface area contributed by atoms with Gasteiger partial charge in [0.2, 0.25) is 5.88 Å². The SMILES string of the molecule is COC(=O)c1c(OCc2c(F)c(F)cc(OC)c2F)nsc1S(C)(=O)=O. The van der Waals surface area contributed by atoms with E-state index in [4.69, 9.17) is 4.74 Å². The third kappa shape index (κ3) is 3.75. The molecule has 1 aromatic carbocycles. The third-order valence-corrected chi connectivity index (χ3v) is 5.78. The maximum atomic E-state index is 14.1. The van der Waals surface area contributed by atoms with E-state index in [-0.39, 0.29) is 0 Å². The molecule has 1 heterocycles. The molecule has 0 fully saturated rings. The van der Waals surface area contributed by atoms with Gasteiger partial charge in [0.05, 0.1) is 19.8 Å². The van der Waals surface area contributed by atoms with Crippen molar-refractivity contribution in [1.82, 2.24) is 4.37 Å². The fourth-order valence-electron chi connectivity index (χ4n) is 1.93. The van der Waals surface area contributed by atoms with E-state index in [2.05, 4.69) is 13.8 Å². The van der Waals surface area contributed by atoms with Crippen LogP contribution in [0.3, 0.4) is 0 Å². The summed E-state index contributed by atoms with van der Waals surface area (Å²) in [6, 6.07) is 0.526. The van der Waals surface area contributed by atoms with Gasteiger partial charge in [-0.2, -0.15) is 4.37 Å². The van der Waals surface area contributed by atoms with Gasteiger partial charge in [-0.15, -0.1) is 0 Å². The first-order chi connectivity index (χ1) is 12.1. The van der Waals surface area contributed by atoms with Gasteiger partial charge in [-0.1, -0.05) is 0 Å². The molecule has 0 spiro atoms. The van der Waals surface area contributed by atoms with Crippen LogP contribution in [-0.4, -0.2) is 39.2 Å². The van der Waals surface area contributed by atoms with Crippen LogP contribution < -0.4 is 9.47 Å². The Balaban J connectivity index is 2.44. The standard InChI is InChI=1S/C14H12F3NO6S2/c1-22-8-4-7(15)10(16)6(11(8)17)5-24-12-9(13(19)23-2)14(25-18-12)26(3,20)21/h4H,5H2,1-3H3. The van der Waals surface area contributed by atoms with Crippen LogP contribution in [0.1, 0.15) is 15.9 Å². The van der Waals surface area contributed by atoms with Crippen LogP contribution in [0.15, 0.2) is 10.3 Å². The number of hydrogen-bond acceptors (Lipinski definition) is 8.